The van der Waals surface area contributed by atoms with Crippen LogP contribution in [0.25, 0.3) is 0 Å². The van der Waals surface area contributed by atoms with Crippen molar-refractivity contribution in [3.8, 4) is 0 Å². The number of aromatic nitrogens is 2. The summed E-state index contributed by atoms with van der Waals surface area (Å²) in [5, 5.41) is 4.38. The van der Waals surface area contributed by atoms with Gasteiger partial charge in [0.2, 0.25) is 0 Å². The molecule has 0 atom stereocenters. The molecular weight excluding hydrogens is 378 g/mol. The molecule has 0 aliphatic carbocycles. The summed E-state index contributed by atoms with van der Waals surface area (Å²) in [6, 6.07) is 5.95. The molecule has 96 valence electrons. The van der Waals surface area contributed by atoms with Crippen molar-refractivity contribution in [1.29, 1.82) is 0 Å². The summed E-state index contributed by atoms with van der Waals surface area (Å²) in [6.07, 6.45) is 0. The van der Waals surface area contributed by atoms with Gasteiger partial charge in [0.05, 0.1) is 15.9 Å². The molecule has 0 fully saturated rings. The van der Waals surface area contributed by atoms with E-state index < -0.39 is 0 Å². The molecule has 0 unspecified atom stereocenters. The second-order valence-electron chi connectivity index (χ2n) is 3.94. The molecule has 18 heavy (non-hydrogen) atoms. The number of nitrogens with zero attached hydrogens (tertiary/aromatic N) is 2. The Bertz CT molecular complexity index is 581. The molecule has 1 heterocycles. The number of halogens is 2. The third-order valence-electron chi connectivity index (χ3n) is 2.60. The molecule has 2 N–H and O–H groups in total. The van der Waals surface area contributed by atoms with Crippen molar-refractivity contribution in [3.05, 3.63) is 38.5 Å². The number of nitrogens with two attached hydrogens (primary N) is 1. The maximum atomic E-state index is 5.98. The molecule has 0 saturated carbocycles. The molecule has 2 aromatic rings. The van der Waals surface area contributed by atoms with E-state index in [-0.39, 0.29) is 0 Å². The van der Waals surface area contributed by atoms with Gasteiger partial charge in [-0.05, 0) is 41.1 Å². The van der Waals surface area contributed by atoms with Crippen molar-refractivity contribution in [2.75, 3.05) is 5.73 Å². The SMILES string of the molecule is Cc1nn(C)c(CSc2ccc(Br)cc2N)c1Br. The van der Waals surface area contributed by atoms with Crippen LogP contribution in [0, 0.1) is 6.92 Å². The summed E-state index contributed by atoms with van der Waals surface area (Å²) < 4.78 is 3.98. The third-order valence-corrected chi connectivity index (χ3v) is 5.22. The lowest BCUT2D eigenvalue weighted by Gasteiger charge is -2.06. The van der Waals surface area contributed by atoms with Gasteiger partial charge in [-0.25, -0.2) is 0 Å². The van der Waals surface area contributed by atoms with Gasteiger partial charge in [0.25, 0.3) is 0 Å². The number of thioether (sulfide) groups is 1. The van der Waals surface area contributed by atoms with Gasteiger partial charge in [-0.2, -0.15) is 5.10 Å². The summed E-state index contributed by atoms with van der Waals surface area (Å²) in [6.45, 7) is 1.99. The molecule has 0 amide bonds. The Morgan fingerprint density at radius 1 is 1.39 bits per heavy atom. The molecule has 0 spiro atoms. The molecular formula is C12H13Br2N3S. The fourth-order valence-electron chi connectivity index (χ4n) is 1.63. The lowest BCUT2D eigenvalue weighted by molar-refractivity contribution is 0.727. The van der Waals surface area contributed by atoms with Crippen molar-refractivity contribution in [2.45, 2.75) is 17.6 Å². The van der Waals surface area contributed by atoms with Crippen LogP contribution in [-0.2, 0) is 12.8 Å². The molecule has 2 rings (SSSR count). The summed E-state index contributed by atoms with van der Waals surface area (Å²) in [7, 11) is 1.96. The molecule has 0 aliphatic rings. The first-order valence-electron chi connectivity index (χ1n) is 5.35. The predicted octanol–water partition coefficient (Wildman–Crippen LogP) is 4.13. The Labute approximate surface area is 127 Å². The second kappa shape index (κ2) is 5.67. The van der Waals surface area contributed by atoms with Crippen molar-refractivity contribution < 1.29 is 0 Å². The first-order valence-corrected chi connectivity index (χ1v) is 7.92. The van der Waals surface area contributed by atoms with Crippen LogP contribution in [0.15, 0.2) is 32.0 Å². The molecule has 0 saturated heterocycles. The Morgan fingerprint density at radius 3 is 2.67 bits per heavy atom. The zero-order valence-corrected chi connectivity index (χ0v) is 14.1. The smallest absolute Gasteiger partial charge is 0.0738 e. The van der Waals surface area contributed by atoms with Crippen LogP contribution in [0.2, 0.25) is 0 Å². The third kappa shape index (κ3) is 2.92. The molecule has 1 aromatic heterocycles. The fourth-order valence-corrected chi connectivity index (χ4v) is 3.69. The Hall–Kier alpha value is -0.460. The van der Waals surface area contributed by atoms with E-state index in [1.807, 2.05) is 36.9 Å². The second-order valence-corrected chi connectivity index (χ2v) is 6.67. The van der Waals surface area contributed by atoms with Crippen LogP contribution < -0.4 is 5.73 Å². The minimum Gasteiger partial charge on any atom is -0.398 e. The standard InChI is InChI=1S/C12H13Br2N3S/c1-7-12(14)10(17(2)16-7)6-18-11-4-3-8(13)5-9(11)15/h3-5H,6,15H2,1-2H3. The van der Waals surface area contributed by atoms with Gasteiger partial charge in [0, 0.05) is 27.9 Å². The van der Waals surface area contributed by atoms with E-state index in [9.17, 15) is 0 Å². The highest BCUT2D eigenvalue weighted by Gasteiger charge is 2.11. The molecule has 0 bridgehead atoms. The highest BCUT2D eigenvalue weighted by molar-refractivity contribution is 9.10. The van der Waals surface area contributed by atoms with Gasteiger partial charge in [-0.3, -0.25) is 4.68 Å². The van der Waals surface area contributed by atoms with Crippen LogP contribution in [-0.4, -0.2) is 9.78 Å². The highest BCUT2D eigenvalue weighted by atomic mass is 79.9. The van der Waals surface area contributed by atoms with Gasteiger partial charge in [-0.15, -0.1) is 11.8 Å². The zero-order chi connectivity index (χ0) is 13.3. The van der Waals surface area contributed by atoms with E-state index in [0.29, 0.717) is 0 Å². The van der Waals surface area contributed by atoms with E-state index in [1.165, 1.54) is 5.69 Å². The normalized spacial score (nSPS) is 10.9. The molecule has 0 aliphatic heterocycles. The average Bonchev–Trinajstić information content (AvgIpc) is 2.53. The number of aryl methyl sites for hydroxylation is 2. The first kappa shape index (κ1) is 14.0. The van der Waals surface area contributed by atoms with Crippen molar-refractivity contribution in [2.24, 2.45) is 7.05 Å². The fraction of sp³-hybridized carbons (Fsp3) is 0.250. The van der Waals surface area contributed by atoms with Gasteiger partial charge < -0.3 is 5.73 Å². The number of anilines is 1. The predicted molar refractivity (Wildman–Crippen MR) is 83.8 cm³/mol. The molecule has 1 aromatic carbocycles. The van der Waals surface area contributed by atoms with Crippen LogP contribution in [0.5, 0.6) is 0 Å². The summed E-state index contributed by atoms with van der Waals surface area (Å²) in [5.41, 5.74) is 8.96. The monoisotopic (exact) mass is 389 g/mol. The lowest BCUT2D eigenvalue weighted by atomic mass is 10.3. The average molecular weight is 391 g/mol. The van der Waals surface area contributed by atoms with Gasteiger partial charge in [0.1, 0.15) is 0 Å². The topological polar surface area (TPSA) is 43.8 Å². The maximum absolute atomic E-state index is 5.98. The number of rotatable bonds is 3. The number of benzene rings is 1. The number of nitrogen functional groups attached to an aromatic ring is 1. The Balaban J connectivity index is 2.16. The van der Waals surface area contributed by atoms with Gasteiger partial charge in [-0.1, -0.05) is 15.9 Å². The van der Waals surface area contributed by atoms with Crippen LogP contribution in [0.1, 0.15) is 11.4 Å². The van der Waals surface area contributed by atoms with E-state index in [1.54, 1.807) is 11.8 Å². The van der Waals surface area contributed by atoms with Crippen LogP contribution in [0.3, 0.4) is 0 Å². The van der Waals surface area contributed by atoms with E-state index in [0.717, 1.165) is 31.0 Å². The van der Waals surface area contributed by atoms with Crippen molar-refractivity contribution in [3.63, 3.8) is 0 Å². The zero-order valence-electron chi connectivity index (χ0n) is 10.1. The summed E-state index contributed by atoms with van der Waals surface area (Å²) in [4.78, 5) is 1.09. The molecule has 6 heteroatoms. The Kier molecular flexibility index (Phi) is 4.40. The maximum Gasteiger partial charge on any atom is 0.0738 e. The first-order chi connectivity index (χ1) is 8.49. The highest BCUT2D eigenvalue weighted by Crippen LogP contribution is 2.32. The number of hydrogen-bond donors (Lipinski definition) is 1. The van der Waals surface area contributed by atoms with Crippen LogP contribution in [0.4, 0.5) is 5.69 Å². The van der Waals surface area contributed by atoms with E-state index >= 15 is 0 Å². The lowest BCUT2D eigenvalue weighted by Crippen LogP contribution is -1.97. The molecule has 3 nitrogen and oxygen atoms in total. The summed E-state index contributed by atoms with van der Waals surface area (Å²) in [5.74, 6) is 0.837. The minimum absolute atomic E-state index is 0.796. The minimum atomic E-state index is 0.796. The molecule has 0 radical (unpaired) electrons. The van der Waals surface area contributed by atoms with Crippen molar-refractivity contribution in [1.82, 2.24) is 9.78 Å². The Morgan fingerprint density at radius 2 is 2.11 bits per heavy atom. The van der Waals surface area contributed by atoms with E-state index in [2.05, 4.69) is 37.0 Å². The van der Waals surface area contributed by atoms with Crippen molar-refractivity contribution >= 4 is 49.3 Å². The van der Waals surface area contributed by atoms with E-state index in [4.69, 9.17) is 5.73 Å². The van der Waals surface area contributed by atoms with Gasteiger partial charge >= 0.3 is 0 Å². The van der Waals surface area contributed by atoms with Gasteiger partial charge in [0.15, 0.2) is 0 Å². The number of hydrogen-bond acceptors (Lipinski definition) is 3. The summed E-state index contributed by atoms with van der Waals surface area (Å²) >= 11 is 8.69. The van der Waals surface area contributed by atoms with Crippen LogP contribution >= 0.6 is 43.6 Å². The largest absolute Gasteiger partial charge is 0.398 e. The quantitative estimate of drug-likeness (QED) is 0.632.